The topological polar surface area (TPSA) is 73.4 Å². The summed E-state index contributed by atoms with van der Waals surface area (Å²) in [6.07, 6.45) is 1.37. The Labute approximate surface area is 154 Å². The molecule has 1 amide bonds. The van der Waals surface area contributed by atoms with Crippen molar-refractivity contribution in [3.8, 4) is 0 Å². The van der Waals surface area contributed by atoms with Crippen LogP contribution in [0.3, 0.4) is 0 Å². The first-order valence-corrected chi connectivity index (χ1v) is 8.58. The summed E-state index contributed by atoms with van der Waals surface area (Å²) in [5, 5.41) is 10.7. The maximum Gasteiger partial charge on any atom is 0.339 e. The molecule has 1 atom stereocenters. The van der Waals surface area contributed by atoms with Gasteiger partial charge in [-0.05, 0) is 35.9 Å². The number of carboxylic acids is 1. The van der Waals surface area contributed by atoms with E-state index in [4.69, 9.17) is 0 Å². The van der Waals surface area contributed by atoms with Gasteiger partial charge < -0.3 is 15.0 Å². The molecule has 136 valence electrons. The van der Waals surface area contributed by atoms with E-state index in [2.05, 4.69) is 4.98 Å². The second-order valence-electron chi connectivity index (χ2n) is 6.67. The highest BCUT2D eigenvalue weighted by atomic mass is 19.1. The number of rotatable bonds is 2. The molecule has 2 heterocycles. The molecule has 0 saturated heterocycles. The lowest BCUT2D eigenvalue weighted by Gasteiger charge is -2.21. The Kier molecular flexibility index (Phi) is 4.03. The Morgan fingerprint density at radius 1 is 1.15 bits per heavy atom. The van der Waals surface area contributed by atoms with Gasteiger partial charge in [-0.3, -0.25) is 4.79 Å². The number of benzene rings is 2. The molecule has 0 fully saturated rings. The number of hydrogen-bond donors (Lipinski definition) is 2. The summed E-state index contributed by atoms with van der Waals surface area (Å²) in [6, 6.07) is 12.9. The summed E-state index contributed by atoms with van der Waals surface area (Å²) in [5.74, 6) is -2.00. The zero-order chi connectivity index (χ0) is 19.1. The highest BCUT2D eigenvalue weighted by Crippen LogP contribution is 2.36. The summed E-state index contributed by atoms with van der Waals surface area (Å²) in [5.41, 5.74) is 2.60. The van der Waals surface area contributed by atoms with Gasteiger partial charge in [0.05, 0.1) is 11.3 Å². The number of nitrogens with one attached hydrogen (secondary N) is 1. The van der Waals surface area contributed by atoms with Crippen LogP contribution in [-0.2, 0) is 4.79 Å². The first kappa shape index (κ1) is 17.0. The molecule has 1 aliphatic rings. The van der Waals surface area contributed by atoms with Crippen molar-refractivity contribution in [2.75, 3.05) is 6.54 Å². The zero-order valence-corrected chi connectivity index (χ0v) is 14.6. The molecule has 0 radical (unpaired) electrons. The van der Waals surface area contributed by atoms with Crippen LogP contribution in [0, 0.1) is 5.82 Å². The molecule has 6 heteroatoms. The maximum atomic E-state index is 13.2. The van der Waals surface area contributed by atoms with Crippen molar-refractivity contribution < 1.29 is 19.1 Å². The summed E-state index contributed by atoms with van der Waals surface area (Å²) in [6.45, 7) is 2.28. The van der Waals surface area contributed by atoms with Crippen LogP contribution in [0.25, 0.3) is 16.5 Å². The number of aromatic amines is 1. The SMILES string of the molecule is CC1CN(C(=O)c2ccc(F)cc2)C=C(C(=O)O)c2[nH]c3ccccc3c21. The van der Waals surface area contributed by atoms with Gasteiger partial charge in [0, 0.05) is 35.1 Å². The molecule has 2 N–H and O–H groups in total. The minimum atomic E-state index is -1.12. The van der Waals surface area contributed by atoms with E-state index in [1.807, 2.05) is 31.2 Å². The number of aliphatic carboxylic acids is 1. The quantitative estimate of drug-likeness (QED) is 0.722. The Balaban J connectivity index is 1.83. The molecular weight excluding hydrogens is 347 g/mol. The highest BCUT2D eigenvalue weighted by Gasteiger charge is 2.30. The number of halogens is 1. The molecule has 0 spiro atoms. The average molecular weight is 364 g/mol. The monoisotopic (exact) mass is 364 g/mol. The number of carbonyl (C=O) groups excluding carboxylic acids is 1. The fourth-order valence-corrected chi connectivity index (χ4v) is 3.61. The minimum absolute atomic E-state index is 0.0287. The second kappa shape index (κ2) is 6.39. The summed E-state index contributed by atoms with van der Waals surface area (Å²) in [7, 11) is 0. The second-order valence-corrected chi connectivity index (χ2v) is 6.67. The van der Waals surface area contributed by atoms with Gasteiger partial charge in [-0.1, -0.05) is 25.1 Å². The number of fused-ring (bicyclic) bond motifs is 3. The van der Waals surface area contributed by atoms with Gasteiger partial charge >= 0.3 is 5.97 Å². The van der Waals surface area contributed by atoms with Crippen molar-refractivity contribution in [2.45, 2.75) is 12.8 Å². The van der Waals surface area contributed by atoms with Crippen molar-refractivity contribution in [1.82, 2.24) is 9.88 Å². The summed E-state index contributed by atoms with van der Waals surface area (Å²) in [4.78, 5) is 29.4. The van der Waals surface area contributed by atoms with E-state index in [9.17, 15) is 19.1 Å². The van der Waals surface area contributed by atoms with E-state index >= 15 is 0 Å². The molecule has 0 saturated carbocycles. The van der Waals surface area contributed by atoms with Crippen LogP contribution >= 0.6 is 0 Å². The van der Waals surface area contributed by atoms with Gasteiger partial charge in [-0.15, -0.1) is 0 Å². The number of hydrogen-bond acceptors (Lipinski definition) is 2. The fourth-order valence-electron chi connectivity index (χ4n) is 3.61. The molecule has 2 aromatic carbocycles. The first-order valence-electron chi connectivity index (χ1n) is 8.58. The fraction of sp³-hybridized carbons (Fsp3) is 0.143. The van der Waals surface area contributed by atoms with E-state index in [-0.39, 0.29) is 17.4 Å². The van der Waals surface area contributed by atoms with Crippen LogP contribution in [0.15, 0.2) is 54.7 Å². The van der Waals surface area contributed by atoms with Crippen molar-refractivity contribution >= 4 is 28.4 Å². The van der Waals surface area contributed by atoms with Gasteiger partial charge in [-0.25, -0.2) is 9.18 Å². The lowest BCUT2D eigenvalue weighted by Crippen LogP contribution is -2.29. The smallest absolute Gasteiger partial charge is 0.339 e. The Morgan fingerprint density at radius 2 is 1.85 bits per heavy atom. The molecule has 3 aromatic rings. The minimum Gasteiger partial charge on any atom is -0.478 e. The van der Waals surface area contributed by atoms with E-state index in [0.717, 1.165) is 16.5 Å². The molecule has 0 aliphatic carbocycles. The van der Waals surface area contributed by atoms with Crippen molar-refractivity contribution in [2.24, 2.45) is 0 Å². The number of para-hydroxylation sites is 1. The number of carboxylic acid groups (broad SMARTS) is 1. The van der Waals surface area contributed by atoms with Gasteiger partial charge in [0.2, 0.25) is 0 Å². The third kappa shape index (κ3) is 2.89. The number of H-pyrrole nitrogens is 1. The van der Waals surface area contributed by atoms with E-state index in [1.54, 1.807) is 0 Å². The summed E-state index contributed by atoms with van der Waals surface area (Å²) < 4.78 is 13.2. The average Bonchev–Trinajstić information content (AvgIpc) is 2.96. The molecule has 5 nitrogen and oxygen atoms in total. The maximum absolute atomic E-state index is 13.2. The molecule has 27 heavy (non-hydrogen) atoms. The van der Waals surface area contributed by atoms with Crippen LogP contribution in [0.1, 0.15) is 34.5 Å². The zero-order valence-electron chi connectivity index (χ0n) is 14.6. The van der Waals surface area contributed by atoms with Gasteiger partial charge in [0.1, 0.15) is 5.82 Å². The highest BCUT2D eigenvalue weighted by molar-refractivity contribution is 6.17. The van der Waals surface area contributed by atoms with Gasteiger partial charge in [0.25, 0.3) is 5.91 Å². The van der Waals surface area contributed by atoms with E-state index in [1.165, 1.54) is 35.4 Å². The van der Waals surface area contributed by atoms with Crippen LogP contribution in [0.4, 0.5) is 4.39 Å². The normalized spacial score (nSPS) is 16.6. The van der Waals surface area contributed by atoms with Crippen molar-refractivity contribution in [1.29, 1.82) is 0 Å². The van der Waals surface area contributed by atoms with Gasteiger partial charge in [-0.2, -0.15) is 0 Å². The number of amides is 1. The van der Waals surface area contributed by atoms with Crippen LogP contribution < -0.4 is 0 Å². The number of nitrogens with zero attached hydrogens (tertiary/aromatic N) is 1. The third-order valence-corrected chi connectivity index (χ3v) is 4.85. The molecule has 1 unspecified atom stereocenters. The molecule has 1 aliphatic heterocycles. The van der Waals surface area contributed by atoms with E-state index in [0.29, 0.717) is 17.8 Å². The molecule has 1 aromatic heterocycles. The van der Waals surface area contributed by atoms with Crippen molar-refractivity contribution in [3.05, 3.63) is 77.4 Å². The predicted molar refractivity (Wildman–Crippen MR) is 99.8 cm³/mol. The van der Waals surface area contributed by atoms with Gasteiger partial charge in [0.15, 0.2) is 0 Å². The predicted octanol–water partition coefficient (Wildman–Crippen LogP) is 3.99. The lowest BCUT2D eigenvalue weighted by atomic mass is 9.96. The Morgan fingerprint density at radius 3 is 2.56 bits per heavy atom. The van der Waals surface area contributed by atoms with Crippen molar-refractivity contribution in [3.63, 3.8) is 0 Å². The molecule has 4 rings (SSSR count). The van der Waals surface area contributed by atoms with Crippen LogP contribution in [0.5, 0.6) is 0 Å². The van der Waals surface area contributed by atoms with E-state index < -0.39 is 11.8 Å². The number of aromatic nitrogens is 1. The standard InChI is InChI=1S/C21H17FN2O3/c1-12-10-24(20(25)13-6-8-14(22)9-7-13)11-16(21(26)27)19-18(12)15-4-2-3-5-17(15)23-19/h2-9,11-12,23H,10H2,1H3,(H,26,27). The van der Waals surface area contributed by atoms with Crippen LogP contribution in [0.2, 0.25) is 0 Å². The Bertz CT molecular complexity index is 1080. The first-order chi connectivity index (χ1) is 13.0. The molecular formula is C21H17FN2O3. The van der Waals surface area contributed by atoms with Crippen LogP contribution in [-0.4, -0.2) is 33.4 Å². The molecule has 0 bridgehead atoms. The third-order valence-electron chi connectivity index (χ3n) is 4.85. The number of carbonyl (C=O) groups is 2. The lowest BCUT2D eigenvalue weighted by molar-refractivity contribution is -0.130. The largest absolute Gasteiger partial charge is 0.478 e. The summed E-state index contributed by atoms with van der Waals surface area (Å²) >= 11 is 0. The Hall–Kier alpha value is -3.41.